The monoisotopic (exact) mass is 594 g/mol. The summed E-state index contributed by atoms with van der Waals surface area (Å²) in [7, 11) is 0. The number of aromatic nitrogens is 3. The molecule has 0 radical (unpaired) electrons. The van der Waals surface area contributed by atoms with Gasteiger partial charge in [0.25, 0.3) is 0 Å². The maximum absolute atomic E-state index is 11.1. The molecule has 0 bridgehead atoms. The second-order valence-electron chi connectivity index (χ2n) is 7.15. The number of nitrogens with zero attached hydrogens (tertiary/aromatic N) is 3. The molecule has 0 aliphatic carbocycles. The largest absolute Gasteiger partial charge is 0.481 e. The molecular formula is C22H20Br2N4O4S. The van der Waals surface area contributed by atoms with E-state index in [2.05, 4.69) is 59.3 Å². The van der Waals surface area contributed by atoms with Gasteiger partial charge in [-0.25, -0.2) is 4.79 Å². The molecule has 33 heavy (non-hydrogen) atoms. The summed E-state index contributed by atoms with van der Waals surface area (Å²) in [4.78, 5) is 15.7. The molecule has 0 fully saturated rings. The van der Waals surface area contributed by atoms with Crippen LogP contribution in [-0.4, -0.2) is 38.6 Å². The molecule has 1 aliphatic rings. The average Bonchev–Trinajstić information content (AvgIpc) is 2.94. The van der Waals surface area contributed by atoms with Gasteiger partial charge >= 0.3 is 5.97 Å². The third-order valence-electron chi connectivity index (χ3n) is 4.72. The number of carbonyl (C=O) groups is 1. The number of hydrogen-bond donors (Lipinski definition) is 2. The van der Waals surface area contributed by atoms with Crippen LogP contribution in [0.1, 0.15) is 31.6 Å². The van der Waals surface area contributed by atoms with E-state index >= 15 is 0 Å². The summed E-state index contributed by atoms with van der Waals surface area (Å²) in [5, 5.41) is 21.7. The van der Waals surface area contributed by atoms with Gasteiger partial charge in [0.15, 0.2) is 12.3 Å². The van der Waals surface area contributed by atoms with E-state index in [1.54, 1.807) is 12.1 Å². The Hall–Kier alpha value is -2.37. The van der Waals surface area contributed by atoms with Gasteiger partial charge in [0.1, 0.15) is 5.75 Å². The minimum absolute atomic E-state index is 0.336. The number of carboxylic acids is 1. The van der Waals surface area contributed by atoms with E-state index in [-0.39, 0.29) is 0 Å². The van der Waals surface area contributed by atoms with Crippen molar-refractivity contribution in [3.8, 4) is 22.9 Å². The van der Waals surface area contributed by atoms with E-state index in [4.69, 9.17) is 14.6 Å². The van der Waals surface area contributed by atoms with E-state index in [0.717, 1.165) is 38.8 Å². The quantitative estimate of drug-likeness (QED) is 0.242. The Morgan fingerprint density at radius 3 is 2.79 bits per heavy atom. The van der Waals surface area contributed by atoms with Crippen LogP contribution in [0.5, 0.6) is 11.6 Å². The molecule has 0 amide bonds. The van der Waals surface area contributed by atoms with Gasteiger partial charge in [0.2, 0.25) is 17.3 Å². The van der Waals surface area contributed by atoms with Gasteiger partial charge in [-0.2, -0.15) is 4.98 Å². The molecule has 172 valence electrons. The first-order chi connectivity index (χ1) is 15.9. The Bertz CT molecular complexity index is 1180. The molecule has 1 aliphatic heterocycles. The number of aliphatic carboxylic acids is 1. The smallest absolute Gasteiger partial charge is 0.341 e. The van der Waals surface area contributed by atoms with Crippen LogP contribution in [0, 0.1) is 0 Å². The van der Waals surface area contributed by atoms with Crippen LogP contribution >= 0.6 is 43.6 Å². The van der Waals surface area contributed by atoms with Gasteiger partial charge in [0.05, 0.1) is 5.56 Å². The van der Waals surface area contributed by atoms with Crippen LogP contribution in [0.3, 0.4) is 0 Å². The molecule has 2 N–H and O–H groups in total. The van der Waals surface area contributed by atoms with Crippen LogP contribution in [0.15, 0.2) is 50.5 Å². The topological polar surface area (TPSA) is 106 Å². The molecule has 2 aromatic carbocycles. The number of rotatable bonds is 8. The maximum atomic E-state index is 11.1. The van der Waals surface area contributed by atoms with Crippen molar-refractivity contribution in [3.63, 3.8) is 0 Å². The van der Waals surface area contributed by atoms with Gasteiger partial charge < -0.3 is 19.9 Å². The number of carboxylic acid groups (broad SMARTS) is 1. The number of ether oxygens (including phenoxy) is 2. The lowest BCUT2D eigenvalue weighted by Crippen LogP contribution is -2.19. The maximum Gasteiger partial charge on any atom is 0.341 e. The van der Waals surface area contributed by atoms with Crippen LogP contribution in [0.2, 0.25) is 0 Å². The van der Waals surface area contributed by atoms with E-state index in [0.29, 0.717) is 28.0 Å². The number of fused-ring (bicyclic) bond motifs is 3. The molecule has 1 unspecified atom stereocenters. The van der Waals surface area contributed by atoms with Gasteiger partial charge in [-0.3, -0.25) is 0 Å². The zero-order valence-electron chi connectivity index (χ0n) is 17.5. The first kappa shape index (κ1) is 23.8. The number of anilines is 1. The third kappa shape index (κ3) is 5.77. The van der Waals surface area contributed by atoms with Crippen molar-refractivity contribution in [2.75, 3.05) is 17.7 Å². The SMILES string of the molecule is CCCCSc1nnc2c(n1)OC(c1cc(Br)ccc1OCC(=O)O)Nc1ccc(Br)cc1-2. The normalized spacial score (nSPS) is 14.3. The number of thioether (sulfide) groups is 1. The fourth-order valence-corrected chi connectivity index (χ4v) is 4.78. The number of nitrogens with one attached hydrogen (secondary N) is 1. The Balaban J connectivity index is 1.77. The molecule has 4 rings (SSSR count). The van der Waals surface area contributed by atoms with Crippen molar-refractivity contribution >= 4 is 55.3 Å². The van der Waals surface area contributed by atoms with Crippen molar-refractivity contribution < 1.29 is 19.4 Å². The number of benzene rings is 2. The zero-order valence-corrected chi connectivity index (χ0v) is 21.5. The lowest BCUT2D eigenvalue weighted by atomic mass is 10.1. The number of halogens is 2. The summed E-state index contributed by atoms with van der Waals surface area (Å²) in [5.41, 5.74) is 2.69. The zero-order chi connectivity index (χ0) is 23.4. The van der Waals surface area contributed by atoms with Gasteiger partial charge in [-0.05, 0) is 42.8 Å². The minimum Gasteiger partial charge on any atom is -0.481 e. The van der Waals surface area contributed by atoms with Crippen LogP contribution in [0.4, 0.5) is 5.69 Å². The fourth-order valence-electron chi connectivity index (χ4n) is 3.17. The van der Waals surface area contributed by atoms with E-state index < -0.39 is 18.8 Å². The molecule has 0 spiro atoms. The first-order valence-corrected chi connectivity index (χ1v) is 12.8. The van der Waals surface area contributed by atoms with Crippen molar-refractivity contribution in [1.29, 1.82) is 0 Å². The summed E-state index contributed by atoms with van der Waals surface area (Å²) in [6.45, 7) is 1.66. The summed E-state index contributed by atoms with van der Waals surface area (Å²) < 4.78 is 13.5. The highest BCUT2D eigenvalue weighted by Gasteiger charge is 2.28. The summed E-state index contributed by atoms with van der Waals surface area (Å²) in [6, 6.07) is 11.0. The summed E-state index contributed by atoms with van der Waals surface area (Å²) in [5.74, 6) is 0.548. The molecule has 3 aromatic rings. The van der Waals surface area contributed by atoms with Crippen molar-refractivity contribution in [3.05, 3.63) is 50.9 Å². The second kappa shape index (κ2) is 10.7. The standard InChI is InChI=1S/C22H20Br2N4O4S/c1-2-3-8-33-22-26-21-19(27-28-22)14-9-12(23)4-6-16(14)25-20(32-21)15-10-13(24)5-7-17(15)31-11-18(29)30/h4-7,9-10,20,25H,2-3,8,11H2,1H3,(H,29,30). The summed E-state index contributed by atoms with van der Waals surface area (Å²) >= 11 is 8.53. The average molecular weight is 596 g/mol. The fraction of sp³-hybridized carbons (Fsp3) is 0.273. The Kier molecular flexibility index (Phi) is 7.71. The first-order valence-electron chi connectivity index (χ1n) is 10.2. The molecule has 8 nitrogen and oxygen atoms in total. The van der Waals surface area contributed by atoms with E-state index in [1.807, 2.05) is 24.3 Å². The van der Waals surface area contributed by atoms with Crippen molar-refractivity contribution in [2.24, 2.45) is 0 Å². The molecule has 1 aromatic heterocycles. The lowest BCUT2D eigenvalue weighted by Gasteiger charge is -2.22. The van der Waals surface area contributed by atoms with Crippen LogP contribution < -0.4 is 14.8 Å². The van der Waals surface area contributed by atoms with E-state index in [9.17, 15) is 4.79 Å². The number of unbranched alkanes of at least 4 members (excludes halogenated alkanes) is 1. The highest BCUT2D eigenvalue weighted by molar-refractivity contribution is 9.10. The Morgan fingerprint density at radius 1 is 1.21 bits per heavy atom. The molecule has 0 saturated carbocycles. The highest BCUT2D eigenvalue weighted by atomic mass is 79.9. The molecular weight excluding hydrogens is 576 g/mol. The Morgan fingerprint density at radius 2 is 2.00 bits per heavy atom. The molecule has 2 heterocycles. The number of hydrogen-bond acceptors (Lipinski definition) is 8. The minimum atomic E-state index is -1.06. The highest BCUT2D eigenvalue weighted by Crippen LogP contribution is 2.42. The van der Waals surface area contributed by atoms with Crippen molar-refractivity contribution in [2.45, 2.75) is 31.1 Å². The Labute approximate surface area is 211 Å². The second-order valence-corrected chi connectivity index (χ2v) is 10.0. The van der Waals surface area contributed by atoms with Gasteiger partial charge in [-0.15, -0.1) is 10.2 Å². The van der Waals surface area contributed by atoms with Gasteiger partial charge in [-0.1, -0.05) is 57.0 Å². The van der Waals surface area contributed by atoms with Crippen LogP contribution in [0.25, 0.3) is 11.3 Å². The van der Waals surface area contributed by atoms with Crippen LogP contribution in [-0.2, 0) is 4.79 Å². The van der Waals surface area contributed by atoms with Crippen molar-refractivity contribution in [1.82, 2.24) is 15.2 Å². The third-order valence-corrected chi connectivity index (χ3v) is 6.63. The molecule has 11 heteroatoms. The summed E-state index contributed by atoms with van der Waals surface area (Å²) in [6.07, 6.45) is 1.42. The predicted molar refractivity (Wildman–Crippen MR) is 133 cm³/mol. The molecule has 0 saturated heterocycles. The van der Waals surface area contributed by atoms with Gasteiger partial charge in [0, 0.05) is 25.9 Å². The van der Waals surface area contributed by atoms with E-state index in [1.165, 1.54) is 11.8 Å². The lowest BCUT2D eigenvalue weighted by molar-refractivity contribution is -0.139. The predicted octanol–water partition coefficient (Wildman–Crippen LogP) is 5.92. The molecule has 1 atom stereocenters.